The summed E-state index contributed by atoms with van der Waals surface area (Å²) in [6.07, 6.45) is 0. The first-order chi connectivity index (χ1) is 8.45. The fourth-order valence-electron chi connectivity index (χ4n) is 1.25. The quantitative estimate of drug-likeness (QED) is 0.838. The molecule has 2 N–H and O–H groups in total. The number of carbonyl (C=O) groups excluding carboxylic acids is 1. The van der Waals surface area contributed by atoms with Gasteiger partial charge in [0.1, 0.15) is 10.7 Å². The molecule has 0 unspecified atom stereocenters. The number of thiocarbonyl (C=S) groups is 1. The number of amides is 1. The van der Waals surface area contributed by atoms with Crippen molar-refractivity contribution in [3.8, 4) is 5.75 Å². The van der Waals surface area contributed by atoms with Gasteiger partial charge in [0, 0.05) is 18.1 Å². The Hall–Kier alpha value is -1.14. The van der Waals surface area contributed by atoms with Gasteiger partial charge in [0.05, 0.1) is 5.56 Å². The highest BCUT2D eigenvalue weighted by atomic mass is 79.9. The molecule has 0 fully saturated rings. The number of likely N-dealkylation sites (N-methyl/N-ethyl adjacent to an activating group) is 1. The zero-order chi connectivity index (χ0) is 13.7. The van der Waals surface area contributed by atoms with Gasteiger partial charge in [0.15, 0.2) is 6.61 Å². The lowest BCUT2D eigenvalue weighted by molar-refractivity contribution is -0.131. The predicted octanol–water partition coefficient (Wildman–Crippen LogP) is 1.94. The summed E-state index contributed by atoms with van der Waals surface area (Å²) in [6, 6.07) is 5.31. The minimum atomic E-state index is -0.0886. The Labute approximate surface area is 120 Å². The molecular weight excluding hydrogens is 316 g/mol. The van der Waals surface area contributed by atoms with Crippen LogP contribution in [0.5, 0.6) is 5.75 Å². The maximum Gasteiger partial charge on any atom is 0.260 e. The van der Waals surface area contributed by atoms with Gasteiger partial charge in [-0.3, -0.25) is 4.79 Å². The number of halogens is 1. The van der Waals surface area contributed by atoms with Gasteiger partial charge < -0.3 is 15.4 Å². The Morgan fingerprint density at radius 1 is 1.56 bits per heavy atom. The topological polar surface area (TPSA) is 55.6 Å². The van der Waals surface area contributed by atoms with Crippen LogP contribution < -0.4 is 10.5 Å². The third kappa shape index (κ3) is 3.96. The fraction of sp³-hybridized carbons (Fsp3) is 0.333. The van der Waals surface area contributed by atoms with Crippen LogP contribution in [0.15, 0.2) is 22.7 Å². The van der Waals surface area contributed by atoms with Crippen LogP contribution in [-0.2, 0) is 4.79 Å². The number of hydrogen-bond donors (Lipinski definition) is 1. The molecule has 4 nitrogen and oxygen atoms in total. The van der Waals surface area contributed by atoms with E-state index in [9.17, 15) is 4.79 Å². The highest BCUT2D eigenvalue weighted by Crippen LogP contribution is 2.23. The van der Waals surface area contributed by atoms with Gasteiger partial charge in [-0.15, -0.1) is 0 Å². The second kappa shape index (κ2) is 6.70. The van der Waals surface area contributed by atoms with Gasteiger partial charge in [0.2, 0.25) is 0 Å². The number of nitrogens with zero attached hydrogens (tertiary/aromatic N) is 1. The standard InChI is InChI=1S/C12H15BrN2O2S/c1-3-15(2)11(16)7-17-10-5-4-8(13)6-9(10)12(14)18/h4-6H,3,7H2,1-2H3,(H2,14,18). The van der Waals surface area contributed by atoms with Crippen molar-refractivity contribution in [2.75, 3.05) is 20.2 Å². The molecule has 6 heteroatoms. The van der Waals surface area contributed by atoms with Crippen LogP contribution in [0.2, 0.25) is 0 Å². The summed E-state index contributed by atoms with van der Waals surface area (Å²) < 4.78 is 6.31. The Balaban J connectivity index is 2.79. The van der Waals surface area contributed by atoms with Crippen molar-refractivity contribution in [2.24, 2.45) is 5.73 Å². The van der Waals surface area contributed by atoms with Gasteiger partial charge >= 0.3 is 0 Å². The third-order valence-corrected chi connectivity index (χ3v) is 3.17. The molecule has 0 heterocycles. The minimum absolute atomic E-state index is 0.0262. The number of carbonyl (C=O) groups is 1. The molecule has 0 saturated heterocycles. The van der Waals surface area contributed by atoms with Crippen molar-refractivity contribution >= 4 is 39.0 Å². The molecule has 0 spiro atoms. The summed E-state index contributed by atoms with van der Waals surface area (Å²) >= 11 is 8.28. The summed E-state index contributed by atoms with van der Waals surface area (Å²) in [6.45, 7) is 2.52. The van der Waals surface area contributed by atoms with E-state index in [0.717, 1.165) is 4.47 Å². The van der Waals surface area contributed by atoms with Crippen molar-refractivity contribution < 1.29 is 9.53 Å². The first-order valence-corrected chi connectivity index (χ1v) is 6.62. The summed E-state index contributed by atoms with van der Waals surface area (Å²) in [5.74, 6) is 0.429. The normalized spacial score (nSPS) is 9.94. The van der Waals surface area contributed by atoms with E-state index >= 15 is 0 Å². The Bertz CT molecular complexity index is 465. The lowest BCUT2D eigenvalue weighted by Gasteiger charge is -2.16. The molecule has 0 saturated carbocycles. The zero-order valence-electron chi connectivity index (χ0n) is 10.3. The van der Waals surface area contributed by atoms with Crippen molar-refractivity contribution in [3.63, 3.8) is 0 Å². The van der Waals surface area contributed by atoms with E-state index in [4.69, 9.17) is 22.7 Å². The van der Waals surface area contributed by atoms with Crippen LogP contribution in [0.3, 0.4) is 0 Å². The van der Waals surface area contributed by atoms with E-state index in [0.29, 0.717) is 17.9 Å². The van der Waals surface area contributed by atoms with Gasteiger partial charge in [0.25, 0.3) is 5.91 Å². The maximum atomic E-state index is 11.6. The number of ether oxygens (including phenoxy) is 1. The average molecular weight is 331 g/mol. The largest absolute Gasteiger partial charge is 0.483 e. The Morgan fingerprint density at radius 3 is 2.78 bits per heavy atom. The molecule has 0 aliphatic carbocycles. The first-order valence-electron chi connectivity index (χ1n) is 5.41. The molecule has 0 aliphatic rings. The van der Waals surface area contributed by atoms with Crippen LogP contribution in [0, 0.1) is 0 Å². The molecule has 1 aromatic carbocycles. The van der Waals surface area contributed by atoms with Gasteiger partial charge in [-0.1, -0.05) is 28.1 Å². The van der Waals surface area contributed by atoms with Crippen molar-refractivity contribution in [3.05, 3.63) is 28.2 Å². The second-order valence-corrected chi connectivity index (χ2v) is 5.06. The number of rotatable bonds is 5. The maximum absolute atomic E-state index is 11.6. The molecule has 98 valence electrons. The third-order valence-electron chi connectivity index (χ3n) is 2.46. The van der Waals surface area contributed by atoms with Crippen LogP contribution in [0.25, 0.3) is 0 Å². The second-order valence-electron chi connectivity index (χ2n) is 3.70. The van der Waals surface area contributed by atoms with E-state index in [-0.39, 0.29) is 17.5 Å². The van der Waals surface area contributed by atoms with Crippen molar-refractivity contribution in [1.82, 2.24) is 4.90 Å². The van der Waals surface area contributed by atoms with Crippen LogP contribution in [0.1, 0.15) is 12.5 Å². The summed E-state index contributed by atoms with van der Waals surface area (Å²) in [5, 5.41) is 0. The minimum Gasteiger partial charge on any atom is -0.483 e. The molecule has 1 amide bonds. The Morgan fingerprint density at radius 2 is 2.22 bits per heavy atom. The predicted molar refractivity (Wildman–Crippen MR) is 78.8 cm³/mol. The molecule has 1 rings (SSSR count). The molecule has 0 aliphatic heterocycles. The number of benzene rings is 1. The monoisotopic (exact) mass is 330 g/mol. The molecule has 0 aromatic heterocycles. The van der Waals surface area contributed by atoms with Gasteiger partial charge in [-0.2, -0.15) is 0 Å². The molecule has 0 radical (unpaired) electrons. The molecule has 1 aromatic rings. The molecule has 0 bridgehead atoms. The summed E-state index contributed by atoms with van der Waals surface area (Å²) in [7, 11) is 1.72. The van der Waals surface area contributed by atoms with Crippen LogP contribution in [0.4, 0.5) is 0 Å². The lowest BCUT2D eigenvalue weighted by atomic mass is 10.2. The SMILES string of the molecule is CCN(C)C(=O)COc1ccc(Br)cc1C(N)=S. The molecule has 18 heavy (non-hydrogen) atoms. The van der Waals surface area contributed by atoms with Gasteiger partial charge in [-0.05, 0) is 25.1 Å². The van der Waals surface area contributed by atoms with Crippen molar-refractivity contribution in [2.45, 2.75) is 6.92 Å². The van der Waals surface area contributed by atoms with E-state index in [2.05, 4.69) is 15.9 Å². The smallest absolute Gasteiger partial charge is 0.260 e. The molecular formula is C12H15BrN2O2S. The van der Waals surface area contributed by atoms with E-state index in [1.165, 1.54) is 0 Å². The van der Waals surface area contributed by atoms with Crippen LogP contribution in [-0.4, -0.2) is 36.0 Å². The lowest BCUT2D eigenvalue weighted by Crippen LogP contribution is -2.31. The fourth-order valence-corrected chi connectivity index (χ4v) is 1.77. The number of nitrogens with two attached hydrogens (primary N) is 1. The average Bonchev–Trinajstić information content (AvgIpc) is 2.35. The zero-order valence-corrected chi connectivity index (χ0v) is 12.7. The highest BCUT2D eigenvalue weighted by Gasteiger charge is 2.11. The first kappa shape index (κ1) is 14.9. The van der Waals surface area contributed by atoms with E-state index in [1.807, 2.05) is 13.0 Å². The highest BCUT2D eigenvalue weighted by molar-refractivity contribution is 9.10. The van der Waals surface area contributed by atoms with Gasteiger partial charge in [-0.25, -0.2) is 0 Å². The summed E-state index contributed by atoms with van der Waals surface area (Å²) in [4.78, 5) is 13.4. The van der Waals surface area contributed by atoms with Crippen molar-refractivity contribution in [1.29, 1.82) is 0 Å². The Kier molecular flexibility index (Phi) is 5.55. The molecule has 0 atom stereocenters. The van der Waals surface area contributed by atoms with E-state index in [1.54, 1.807) is 24.1 Å². The summed E-state index contributed by atoms with van der Waals surface area (Å²) in [5.41, 5.74) is 6.23. The number of hydrogen-bond acceptors (Lipinski definition) is 3. The van der Waals surface area contributed by atoms with E-state index < -0.39 is 0 Å². The van der Waals surface area contributed by atoms with Crippen LogP contribution >= 0.6 is 28.1 Å².